The van der Waals surface area contributed by atoms with E-state index in [1.807, 2.05) is 0 Å². The monoisotopic (exact) mass is 365 g/mol. The number of rotatable bonds is 6. The van der Waals surface area contributed by atoms with Crippen LogP contribution >= 0.6 is 22.0 Å². The minimum atomic E-state index is -4.50. The number of carbonyl (C=O) groups excluding carboxylic acids is 1. The van der Waals surface area contributed by atoms with E-state index < -0.39 is 40.4 Å². The van der Waals surface area contributed by atoms with Crippen molar-refractivity contribution in [3.05, 3.63) is 17.0 Å². The molecule has 120 valence electrons. The molecule has 0 radical (unpaired) electrons. The number of carbonyl (C=O) groups is 1. The first-order valence-electron chi connectivity index (χ1n) is 5.47. The molecule has 1 heterocycles. The van der Waals surface area contributed by atoms with E-state index in [4.69, 9.17) is 10.7 Å². The van der Waals surface area contributed by atoms with Gasteiger partial charge in [-0.3, -0.25) is 4.79 Å². The van der Waals surface area contributed by atoms with Gasteiger partial charge >= 0.3 is 6.18 Å². The average molecular weight is 366 g/mol. The zero-order chi connectivity index (χ0) is 16.3. The fourth-order valence-corrected chi connectivity index (χ4v) is 3.41. The third-order valence-electron chi connectivity index (χ3n) is 2.15. The highest BCUT2D eigenvalue weighted by molar-refractivity contribution is 8.15. The quantitative estimate of drug-likeness (QED) is 0.786. The molecular formula is C10H11ClF3NO4S2. The molecular weight excluding hydrogens is 355 g/mol. The Morgan fingerprint density at radius 1 is 1.48 bits per heavy atom. The van der Waals surface area contributed by atoms with E-state index in [0.29, 0.717) is 4.88 Å². The third-order valence-corrected chi connectivity index (χ3v) is 5.51. The SMILES string of the molecule is CC(NC(=O)COCC(F)(F)F)c1ccc(S(=O)(=O)Cl)s1. The Bertz CT molecular complexity index is 600. The first-order chi connectivity index (χ1) is 9.49. The van der Waals surface area contributed by atoms with Gasteiger partial charge in [0.05, 0.1) is 6.04 Å². The molecule has 0 aliphatic heterocycles. The second-order valence-electron chi connectivity index (χ2n) is 3.99. The van der Waals surface area contributed by atoms with Crippen LogP contribution in [0.5, 0.6) is 0 Å². The summed E-state index contributed by atoms with van der Waals surface area (Å²) >= 11 is 0.863. The smallest absolute Gasteiger partial charge is 0.362 e. The van der Waals surface area contributed by atoms with Gasteiger partial charge in [-0.2, -0.15) is 13.2 Å². The van der Waals surface area contributed by atoms with Crippen molar-refractivity contribution >= 4 is 37.0 Å². The Balaban J connectivity index is 2.51. The van der Waals surface area contributed by atoms with Gasteiger partial charge in [-0.15, -0.1) is 11.3 Å². The van der Waals surface area contributed by atoms with Gasteiger partial charge in [-0.05, 0) is 19.1 Å². The van der Waals surface area contributed by atoms with Gasteiger partial charge in [0.25, 0.3) is 9.05 Å². The maximum Gasteiger partial charge on any atom is 0.411 e. The molecule has 1 amide bonds. The lowest BCUT2D eigenvalue weighted by Gasteiger charge is -2.13. The molecule has 0 aliphatic rings. The van der Waals surface area contributed by atoms with Gasteiger partial charge in [0.2, 0.25) is 5.91 Å². The van der Waals surface area contributed by atoms with Crippen LogP contribution < -0.4 is 5.32 Å². The Morgan fingerprint density at radius 2 is 2.10 bits per heavy atom. The van der Waals surface area contributed by atoms with Crippen molar-refractivity contribution in [1.82, 2.24) is 5.32 Å². The second kappa shape index (κ2) is 6.95. The Hall–Kier alpha value is -0.840. The maximum absolute atomic E-state index is 11.8. The third kappa shape index (κ3) is 6.64. The maximum atomic E-state index is 11.8. The topological polar surface area (TPSA) is 72.5 Å². The molecule has 1 rings (SSSR count). The van der Waals surface area contributed by atoms with Gasteiger partial charge in [0, 0.05) is 15.6 Å². The molecule has 5 nitrogen and oxygen atoms in total. The van der Waals surface area contributed by atoms with Crippen molar-refractivity contribution in [1.29, 1.82) is 0 Å². The van der Waals surface area contributed by atoms with Crippen LogP contribution in [0.4, 0.5) is 13.2 Å². The molecule has 0 saturated carbocycles. The molecule has 11 heteroatoms. The summed E-state index contributed by atoms with van der Waals surface area (Å²) in [6, 6.07) is 2.16. The molecule has 1 aromatic heterocycles. The summed E-state index contributed by atoms with van der Waals surface area (Å²) in [5.41, 5.74) is 0. The summed E-state index contributed by atoms with van der Waals surface area (Å²) in [7, 11) is 1.32. The van der Waals surface area contributed by atoms with Gasteiger partial charge in [0.15, 0.2) is 0 Å². The first-order valence-corrected chi connectivity index (χ1v) is 8.60. The molecule has 0 aromatic carbocycles. The molecule has 1 unspecified atom stereocenters. The molecule has 21 heavy (non-hydrogen) atoms. The fraction of sp³-hybridized carbons (Fsp3) is 0.500. The van der Waals surface area contributed by atoms with Crippen molar-refractivity contribution in [2.75, 3.05) is 13.2 Å². The standard InChI is InChI=1S/C10H11ClF3NO4S2/c1-6(7-2-3-9(20-7)21(11,17)18)15-8(16)4-19-5-10(12,13)14/h2-3,6H,4-5H2,1H3,(H,15,16). The van der Waals surface area contributed by atoms with Crippen LogP contribution in [-0.4, -0.2) is 33.7 Å². The van der Waals surface area contributed by atoms with E-state index in [-0.39, 0.29) is 4.21 Å². The predicted octanol–water partition coefficient (Wildman–Crippen LogP) is 2.43. The van der Waals surface area contributed by atoms with Crippen LogP contribution in [0.3, 0.4) is 0 Å². The first kappa shape index (κ1) is 18.2. The van der Waals surface area contributed by atoms with Crippen LogP contribution in [0, 0.1) is 0 Å². The van der Waals surface area contributed by atoms with E-state index in [0.717, 1.165) is 11.3 Å². The lowest BCUT2D eigenvalue weighted by molar-refractivity contribution is -0.175. The molecule has 1 atom stereocenters. The summed E-state index contributed by atoms with van der Waals surface area (Å²) in [4.78, 5) is 11.9. The number of alkyl halides is 3. The van der Waals surface area contributed by atoms with Crippen molar-refractivity contribution in [2.45, 2.75) is 23.4 Å². The minimum Gasteiger partial charge on any atom is -0.362 e. The average Bonchev–Trinajstić information content (AvgIpc) is 2.75. The summed E-state index contributed by atoms with van der Waals surface area (Å²) in [5, 5.41) is 2.39. The van der Waals surface area contributed by atoms with Crippen molar-refractivity contribution < 1.29 is 31.1 Å². The summed E-state index contributed by atoms with van der Waals surface area (Å²) in [5.74, 6) is -0.740. The Kier molecular flexibility index (Phi) is 6.02. The Labute approximate surface area is 127 Å². The lowest BCUT2D eigenvalue weighted by Crippen LogP contribution is -2.31. The molecule has 0 fully saturated rings. The Morgan fingerprint density at radius 3 is 2.57 bits per heavy atom. The van der Waals surface area contributed by atoms with Gasteiger partial charge in [-0.1, -0.05) is 0 Å². The second-order valence-corrected chi connectivity index (χ2v) is 7.90. The fourth-order valence-electron chi connectivity index (χ4n) is 1.31. The van der Waals surface area contributed by atoms with E-state index in [2.05, 4.69) is 10.1 Å². The van der Waals surface area contributed by atoms with Crippen molar-refractivity contribution in [3.8, 4) is 0 Å². The van der Waals surface area contributed by atoms with Crippen molar-refractivity contribution in [3.63, 3.8) is 0 Å². The van der Waals surface area contributed by atoms with Crippen molar-refractivity contribution in [2.24, 2.45) is 0 Å². The largest absolute Gasteiger partial charge is 0.411 e. The molecule has 1 N–H and O–H groups in total. The number of nitrogens with one attached hydrogen (secondary N) is 1. The predicted molar refractivity (Wildman–Crippen MR) is 70.8 cm³/mol. The number of thiophene rings is 1. The number of hydrogen-bond donors (Lipinski definition) is 1. The summed E-state index contributed by atoms with van der Waals surface area (Å²) < 4.78 is 61.8. The molecule has 0 aliphatic carbocycles. The molecule has 1 aromatic rings. The highest BCUT2D eigenvalue weighted by Crippen LogP contribution is 2.28. The van der Waals surface area contributed by atoms with Crippen LogP contribution in [0.1, 0.15) is 17.8 Å². The lowest BCUT2D eigenvalue weighted by atomic mass is 10.3. The van der Waals surface area contributed by atoms with Crippen LogP contribution in [0.2, 0.25) is 0 Å². The molecule has 0 bridgehead atoms. The minimum absolute atomic E-state index is 0.0754. The summed E-state index contributed by atoms with van der Waals surface area (Å²) in [6.07, 6.45) is -4.50. The molecule has 0 saturated heterocycles. The highest BCUT2D eigenvalue weighted by atomic mass is 35.7. The number of hydrogen-bond acceptors (Lipinski definition) is 5. The van der Waals surface area contributed by atoms with E-state index in [1.165, 1.54) is 12.1 Å². The van der Waals surface area contributed by atoms with E-state index in [9.17, 15) is 26.4 Å². The van der Waals surface area contributed by atoms with Gasteiger partial charge in [-0.25, -0.2) is 8.42 Å². The van der Waals surface area contributed by atoms with Gasteiger partial charge in [0.1, 0.15) is 17.4 Å². The van der Waals surface area contributed by atoms with Crippen LogP contribution in [-0.2, 0) is 18.6 Å². The zero-order valence-electron chi connectivity index (χ0n) is 10.6. The van der Waals surface area contributed by atoms with Crippen LogP contribution in [0.25, 0.3) is 0 Å². The van der Waals surface area contributed by atoms with Crippen LogP contribution in [0.15, 0.2) is 16.3 Å². The number of halogens is 4. The van der Waals surface area contributed by atoms with E-state index >= 15 is 0 Å². The number of amides is 1. The van der Waals surface area contributed by atoms with E-state index in [1.54, 1.807) is 6.92 Å². The zero-order valence-corrected chi connectivity index (χ0v) is 13.0. The highest BCUT2D eigenvalue weighted by Gasteiger charge is 2.28. The van der Waals surface area contributed by atoms with Gasteiger partial charge < -0.3 is 10.1 Å². The number of ether oxygens (including phenoxy) is 1. The summed E-state index contributed by atoms with van der Waals surface area (Å²) in [6.45, 7) is -0.698. The normalized spacial score (nSPS) is 14.0. The molecule has 0 spiro atoms.